The van der Waals surface area contributed by atoms with Crippen LogP contribution in [0.15, 0.2) is 54.7 Å². The summed E-state index contributed by atoms with van der Waals surface area (Å²) >= 11 is 0. The van der Waals surface area contributed by atoms with Gasteiger partial charge >= 0.3 is 6.36 Å². The quantitative estimate of drug-likeness (QED) is 0.517. The van der Waals surface area contributed by atoms with E-state index in [9.17, 15) is 31.9 Å². The van der Waals surface area contributed by atoms with Gasteiger partial charge in [0, 0.05) is 36.6 Å². The molecule has 2 N–H and O–H groups in total. The predicted octanol–water partition coefficient (Wildman–Crippen LogP) is 4.75. The van der Waals surface area contributed by atoms with Crippen LogP contribution in [0, 0.1) is 11.6 Å². The summed E-state index contributed by atoms with van der Waals surface area (Å²) in [6, 6.07) is 8.91. The Hall–Kier alpha value is -3.73. The Morgan fingerprint density at radius 1 is 1.09 bits per heavy atom. The Morgan fingerprint density at radius 3 is 2.35 bits per heavy atom. The molecule has 6 nitrogen and oxygen atoms in total. The van der Waals surface area contributed by atoms with Gasteiger partial charge in [-0.1, -0.05) is 0 Å². The largest absolute Gasteiger partial charge is 0.573 e. The second-order valence-corrected chi connectivity index (χ2v) is 7.67. The van der Waals surface area contributed by atoms with Crippen LogP contribution in [0.3, 0.4) is 0 Å². The van der Waals surface area contributed by atoms with Crippen LogP contribution in [0.5, 0.6) is 5.75 Å². The molecule has 1 atom stereocenters. The van der Waals surface area contributed by atoms with E-state index in [4.69, 9.17) is 0 Å². The van der Waals surface area contributed by atoms with Crippen molar-refractivity contribution in [3.05, 3.63) is 71.9 Å². The molecule has 178 valence electrons. The number of nitrogens with zero attached hydrogens (tertiary/aromatic N) is 2. The summed E-state index contributed by atoms with van der Waals surface area (Å²) in [5.74, 6) is -2.34. The minimum atomic E-state index is -4.84. The summed E-state index contributed by atoms with van der Waals surface area (Å²) in [7, 11) is 0. The maximum absolute atomic E-state index is 13.9. The number of aromatic nitrogens is 1. The number of amides is 1. The lowest BCUT2D eigenvalue weighted by molar-refractivity contribution is -0.274. The van der Waals surface area contributed by atoms with Gasteiger partial charge in [0.15, 0.2) is 0 Å². The Kier molecular flexibility index (Phi) is 6.38. The average molecular weight is 479 g/mol. The summed E-state index contributed by atoms with van der Waals surface area (Å²) in [6.45, 7) is 0.743. The standard InChI is InChI=1S/C23H18F5N3O3/c24-15-7-13(8-16(25)10-15)20-9-14(11-29-21(20)31-6-5-18(32)12-31)22(33)30-17-1-3-19(4-2-17)34-23(26,27)28/h1-4,7-11,18,32H,5-6,12H2,(H,30,33)/t18-/m1/s1. The van der Waals surface area contributed by atoms with Crippen molar-refractivity contribution < 1.29 is 36.6 Å². The highest BCUT2D eigenvalue weighted by molar-refractivity contribution is 6.05. The topological polar surface area (TPSA) is 74.7 Å². The number of aliphatic hydroxyl groups is 1. The van der Waals surface area contributed by atoms with Crippen molar-refractivity contribution in [2.75, 3.05) is 23.3 Å². The van der Waals surface area contributed by atoms with Gasteiger partial charge in [0.05, 0.1) is 11.7 Å². The number of anilines is 2. The first-order valence-electron chi connectivity index (χ1n) is 10.1. The van der Waals surface area contributed by atoms with E-state index in [0.29, 0.717) is 18.8 Å². The number of aliphatic hydroxyl groups excluding tert-OH is 1. The van der Waals surface area contributed by atoms with Crippen LogP contribution >= 0.6 is 0 Å². The monoisotopic (exact) mass is 479 g/mol. The fourth-order valence-corrected chi connectivity index (χ4v) is 3.63. The van der Waals surface area contributed by atoms with Crippen molar-refractivity contribution in [3.63, 3.8) is 0 Å². The van der Waals surface area contributed by atoms with E-state index in [1.54, 1.807) is 4.90 Å². The van der Waals surface area contributed by atoms with Crippen LogP contribution in [0.4, 0.5) is 33.5 Å². The maximum atomic E-state index is 13.9. The second-order valence-electron chi connectivity index (χ2n) is 7.67. The molecule has 1 aliphatic rings. The number of rotatable bonds is 5. The van der Waals surface area contributed by atoms with Crippen molar-refractivity contribution in [2.24, 2.45) is 0 Å². The molecule has 1 aliphatic heterocycles. The van der Waals surface area contributed by atoms with Crippen molar-refractivity contribution in [1.82, 2.24) is 4.98 Å². The Labute approximate surface area is 190 Å². The predicted molar refractivity (Wildman–Crippen MR) is 114 cm³/mol. The third kappa shape index (κ3) is 5.60. The van der Waals surface area contributed by atoms with E-state index in [2.05, 4.69) is 15.0 Å². The van der Waals surface area contributed by atoms with Crippen LogP contribution in [0.25, 0.3) is 11.1 Å². The molecule has 1 aromatic heterocycles. The molecule has 34 heavy (non-hydrogen) atoms. The molecule has 0 bridgehead atoms. The number of carbonyl (C=O) groups excluding carboxylic acids is 1. The molecule has 2 heterocycles. The van der Waals surface area contributed by atoms with Gasteiger partial charge in [0.1, 0.15) is 23.2 Å². The molecule has 3 aromatic rings. The molecule has 1 fully saturated rings. The molecule has 4 rings (SSSR count). The van der Waals surface area contributed by atoms with Gasteiger partial charge < -0.3 is 20.1 Å². The zero-order valence-corrected chi connectivity index (χ0v) is 17.4. The maximum Gasteiger partial charge on any atom is 0.573 e. The lowest BCUT2D eigenvalue weighted by Crippen LogP contribution is -2.23. The van der Waals surface area contributed by atoms with Crippen molar-refractivity contribution in [1.29, 1.82) is 0 Å². The van der Waals surface area contributed by atoms with Gasteiger partial charge in [-0.3, -0.25) is 4.79 Å². The fraction of sp³-hybridized carbons (Fsp3) is 0.217. The minimum Gasteiger partial charge on any atom is -0.406 e. The summed E-state index contributed by atoms with van der Waals surface area (Å²) in [6.07, 6.45) is -3.65. The Balaban J connectivity index is 1.62. The molecule has 0 saturated carbocycles. The summed E-state index contributed by atoms with van der Waals surface area (Å²) in [5.41, 5.74) is 0.696. The first-order chi connectivity index (χ1) is 16.1. The van der Waals surface area contributed by atoms with Crippen molar-refractivity contribution in [2.45, 2.75) is 18.9 Å². The van der Waals surface area contributed by atoms with E-state index in [1.807, 2.05) is 0 Å². The Bertz CT molecular complexity index is 1180. The Morgan fingerprint density at radius 2 is 1.76 bits per heavy atom. The molecule has 0 aliphatic carbocycles. The summed E-state index contributed by atoms with van der Waals surface area (Å²) < 4.78 is 68.5. The average Bonchev–Trinajstić information content (AvgIpc) is 3.19. The zero-order chi connectivity index (χ0) is 24.5. The first-order valence-corrected chi connectivity index (χ1v) is 10.1. The van der Waals surface area contributed by atoms with Crippen LogP contribution in [0.2, 0.25) is 0 Å². The van der Waals surface area contributed by atoms with Crippen molar-refractivity contribution >= 4 is 17.4 Å². The normalized spacial score (nSPS) is 15.9. The zero-order valence-electron chi connectivity index (χ0n) is 17.4. The van der Waals surface area contributed by atoms with Gasteiger partial charge in [-0.15, -0.1) is 13.2 Å². The van der Waals surface area contributed by atoms with Crippen LogP contribution in [0.1, 0.15) is 16.8 Å². The van der Waals surface area contributed by atoms with Crippen LogP contribution < -0.4 is 15.0 Å². The lowest BCUT2D eigenvalue weighted by atomic mass is 10.0. The molecule has 1 saturated heterocycles. The number of ether oxygens (including phenoxy) is 1. The molecule has 1 amide bonds. The molecule has 0 spiro atoms. The highest BCUT2D eigenvalue weighted by Crippen LogP contribution is 2.33. The molecular weight excluding hydrogens is 461 g/mol. The third-order valence-electron chi connectivity index (χ3n) is 5.11. The third-order valence-corrected chi connectivity index (χ3v) is 5.11. The van der Waals surface area contributed by atoms with E-state index < -0.39 is 35.8 Å². The van der Waals surface area contributed by atoms with Gasteiger partial charge in [0.2, 0.25) is 0 Å². The number of alkyl halides is 3. The summed E-state index contributed by atoms with van der Waals surface area (Å²) in [4.78, 5) is 18.8. The van der Waals surface area contributed by atoms with E-state index >= 15 is 0 Å². The lowest BCUT2D eigenvalue weighted by Gasteiger charge is -2.21. The highest BCUT2D eigenvalue weighted by atomic mass is 19.4. The smallest absolute Gasteiger partial charge is 0.406 e. The second kappa shape index (κ2) is 9.26. The number of benzene rings is 2. The number of hydrogen-bond acceptors (Lipinski definition) is 5. The summed E-state index contributed by atoms with van der Waals surface area (Å²) in [5, 5.41) is 12.4. The number of β-amino-alcohol motifs (C(OH)–C–C–N with tert-alkyl or cyclic N) is 1. The van der Waals surface area contributed by atoms with Crippen LogP contribution in [-0.2, 0) is 0 Å². The SMILES string of the molecule is O=C(Nc1ccc(OC(F)(F)F)cc1)c1cnc(N2CC[C@@H](O)C2)c(-c2cc(F)cc(F)c2)c1. The number of hydrogen-bond donors (Lipinski definition) is 2. The van der Waals surface area contributed by atoms with Gasteiger partial charge in [-0.25, -0.2) is 13.8 Å². The molecular formula is C23H18F5N3O3. The highest BCUT2D eigenvalue weighted by Gasteiger charge is 2.31. The molecule has 2 aromatic carbocycles. The number of pyridine rings is 1. The number of halogens is 5. The van der Waals surface area contributed by atoms with Crippen molar-refractivity contribution in [3.8, 4) is 16.9 Å². The number of nitrogens with one attached hydrogen (secondary N) is 1. The van der Waals surface area contributed by atoms with Crippen LogP contribution in [-0.4, -0.2) is 41.6 Å². The fourth-order valence-electron chi connectivity index (χ4n) is 3.63. The minimum absolute atomic E-state index is 0.0544. The van der Waals surface area contributed by atoms with E-state index in [1.165, 1.54) is 24.4 Å². The van der Waals surface area contributed by atoms with Gasteiger partial charge in [-0.05, 0) is 54.4 Å². The van der Waals surface area contributed by atoms with E-state index in [-0.39, 0.29) is 28.9 Å². The molecule has 11 heteroatoms. The number of carbonyl (C=O) groups is 1. The van der Waals surface area contributed by atoms with Gasteiger partial charge in [-0.2, -0.15) is 0 Å². The first kappa shape index (κ1) is 23.4. The van der Waals surface area contributed by atoms with E-state index in [0.717, 1.165) is 30.3 Å². The molecule has 0 radical (unpaired) electrons. The molecule has 0 unspecified atom stereocenters. The van der Waals surface area contributed by atoms with Gasteiger partial charge in [0.25, 0.3) is 5.91 Å².